The molecule has 1 aromatic carbocycles. The third kappa shape index (κ3) is 1.67. The molecule has 2 N–H and O–H groups in total. The molecule has 1 rings (SSSR count). The fourth-order valence-electron chi connectivity index (χ4n) is 1.31. The van der Waals surface area contributed by atoms with Crippen LogP contribution in [0.5, 0.6) is 0 Å². The van der Waals surface area contributed by atoms with Crippen molar-refractivity contribution >= 4 is 0 Å². The lowest BCUT2D eigenvalue weighted by atomic mass is 9.80. The molecule has 0 saturated carbocycles. The van der Waals surface area contributed by atoms with Crippen LogP contribution in [0.1, 0.15) is 25.8 Å². The molecule has 0 radical (unpaired) electrons. The zero-order valence-electron chi connectivity index (χ0n) is 7.88. The normalized spacial score (nSPS) is 15.6. The molecule has 0 aliphatic heterocycles. The Hall–Kier alpha value is -0.820. The van der Waals surface area contributed by atoms with Gasteiger partial charge in [0.1, 0.15) is 0 Å². The smallest absolute Gasteiger partial charge is 0.00447 e. The van der Waals surface area contributed by atoms with Crippen molar-refractivity contribution in [3.63, 3.8) is 0 Å². The van der Waals surface area contributed by atoms with E-state index in [-0.39, 0.29) is 5.41 Å². The summed E-state index contributed by atoms with van der Waals surface area (Å²) in [6.07, 6.45) is 1.09. The van der Waals surface area contributed by atoms with Crippen molar-refractivity contribution in [2.24, 2.45) is 5.73 Å². The predicted octanol–water partition coefficient (Wildman–Crippen LogP) is 2.31. The van der Waals surface area contributed by atoms with Gasteiger partial charge in [0, 0.05) is 12.0 Å². The Kier molecular flexibility index (Phi) is 2.88. The molecule has 12 heavy (non-hydrogen) atoms. The number of benzene rings is 1. The highest BCUT2D eigenvalue weighted by Crippen LogP contribution is 2.25. The van der Waals surface area contributed by atoms with Crippen LogP contribution < -0.4 is 5.73 Å². The number of rotatable bonds is 3. The van der Waals surface area contributed by atoms with Crippen LogP contribution in [0.3, 0.4) is 0 Å². The van der Waals surface area contributed by atoms with E-state index in [1.165, 1.54) is 5.56 Å². The zero-order valence-corrected chi connectivity index (χ0v) is 7.88. The maximum atomic E-state index is 5.75. The van der Waals surface area contributed by atoms with Gasteiger partial charge in [-0.05, 0) is 12.0 Å². The Balaban J connectivity index is 2.95. The van der Waals surface area contributed by atoms with Gasteiger partial charge in [0.15, 0.2) is 0 Å². The Bertz CT molecular complexity index is 224. The van der Waals surface area contributed by atoms with E-state index >= 15 is 0 Å². The molecule has 1 atom stereocenters. The summed E-state index contributed by atoms with van der Waals surface area (Å²) in [5, 5.41) is 0. The van der Waals surface area contributed by atoms with E-state index in [9.17, 15) is 0 Å². The summed E-state index contributed by atoms with van der Waals surface area (Å²) in [7, 11) is 0. The molecule has 0 aliphatic rings. The van der Waals surface area contributed by atoms with Crippen molar-refractivity contribution < 1.29 is 0 Å². The minimum absolute atomic E-state index is 0.154. The van der Waals surface area contributed by atoms with Gasteiger partial charge in [-0.25, -0.2) is 0 Å². The highest BCUT2D eigenvalue weighted by molar-refractivity contribution is 5.24. The van der Waals surface area contributed by atoms with Crippen LogP contribution in [0.25, 0.3) is 0 Å². The molecule has 0 unspecified atom stereocenters. The SMILES string of the molecule is CC[C@](C)(CN)c1ccccc1. The highest BCUT2D eigenvalue weighted by Gasteiger charge is 2.21. The standard InChI is InChI=1S/C11H17N/c1-3-11(2,9-12)10-7-5-4-6-8-10/h4-8H,3,9,12H2,1-2H3/t11-/m1/s1. The average Bonchev–Trinajstić information content (AvgIpc) is 2.18. The first-order chi connectivity index (χ1) is 5.73. The quantitative estimate of drug-likeness (QED) is 0.727. The number of nitrogens with two attached hydrogens (primary N) is 1. The molecule has 0 heterocycles. The van der Waals surface area contributed by atoms with Gasteiger partial charge in [0.25, 0.3) is 0 Å². The monoisotopic (exact) mass is 163 g/mol. The first kappa shape index (κ1) is 9.27. The zero-order chi connectivity index (χ0) is 9.03. The Labute approximate surface area is 74.6 Å². The fourth-order valence-corrected chi connectivity index (χ4v) is 1.31. The molecule has 0 aromatic heterocycles. The van der Waals surface area contributed by atoms with Gasteiger partial charge in [-0.1, -0.05) is 44.2 Å². The summed E-state index contributed by atoms with van der Waals surface area (Å²) < 4.78 is 0. The van der Waals surface area contributed by atoms with E-state index in [4.69, 9.17) is 5.73 Å². The molecular weight excluding hydrogens is 146 g/mol. The molecule has 0 spiro atoms. The van der Waals surface area contributed by atoms with Crippen LogP contribution >= 0.6 is 0 Å². The van der Waals surface area contributed by atoms with Gasteiger partial charge in [-0.3, -0.25) is 0 Å². The van der Waals surface area contributed by atoms with Gasteiger partial charge >= 0.3 is 0 Å². The van der Waals surface area contributed by atoms with Crippen LogP contribution in [-0.4, -0.2) is 6.54 Å². The van der Waals surface area contributed by atoms with Crippen LogP contribution in [0.15, 0.2) is 30.3 Å². The molecule has 1 aromatic rings. The van der Waals surface area contributed by atoms with E-state index in [2.05, 4.69) is 38.1 Å². The van der Waals surface area contributed by atoms with Crippen LogP contribution in [-0.2, 0) is 5.41 Å². The third-order valence-corrected chi connectivity index (χ3v) is 2.70. The fraction of sp³-hybridized carbons (Fsp3) is 0.455. The summed E-state index contributed by atoms with van der Waals surface area (Å²) in [4.78, 5) is 0. The largest absolute Gasteiger partial charge is 0.330 e. The van der Waals surface area contributed by atoms with E-state index in [0.29, 0.717) is 6.54 Å². The van der Waals surface area contributed by atoms with E-state index in [0.717, 1.165) is 6.42 Å². The van der Waals surface area contributed by atoms with Crippen molar-refractivity contribution in [1.29, 1.82) is 0 Å². The van der Waals surface area contributed by atoms with Crippen LogP contribution in [0, 0.1) is 0 Å². The minimum Gasteiger partial charge on any atom is -0.330 e. The van der Waals surface area contributed by atoms with Crippen molar-refractivity contribution in [2.75, 3.05) is 6.54 Å². The number of hydrogen-bond donors (Lipinski definition) is 1. The third-order valence-electron chi connectivity index (χ3n) is 2.70. The second kappa shape index (κ2) is 3.72. The maximum absolute atomic E-state index is 5.75. The summed E-state index contributed by atoms with van der Waals surface area (Å²) in [5.74, 6) is 0. The van der Waals surface area contributed by atoms with Gasteiger partial charge in [0.05, 0.1) is 0 Å². The minimum atomic E-state index is 0.154. The molecule has 0 bridgehead atoms. The lowest BCUT2D eigenvalue weighted by Gasteiger charge is -2.26. The molecular formula is C11H17N. The van der Waals surface area contributed by atoms with E-state index in [1.807, 2.05) is 6.07 Å². The molecule has 1 heteroatoms. The van der Waals surface area contributed by atoms with Crippen molar-refractivity contribution in [1.82, 2.24) is 0 Å². The molecule has 0 saturated heterocycles. The highest BCUT2D eigenvalue weighted by atomic mass is 14.6. The maximum Gasteiger partial charge on any atom is 0.00447 e. The summed E-state index contributed by atoms with van der Waals surface area (Å²) in [6.45, 7) is 5.11. The van der Waals surface area contributed by atoms with Crippen molar-refractivity contribution in [3.8, 4) is 0 Å². The van der Waals surface area contributed by atoms with Gasteiger partial charge in [-0.2, -0.15) is 0 Å². The second-order valence-electron chi connectivity index (χ2n) is 3.48. The van der Waals surface area contributed by atoms with Crippen LogP contribution in [0.4, 0.5) is 0 Å². The molecule has 66 valence electrons. The lowest BCUT2D eigenvalue weighted by molar-refractivity contribution is 0.467. The first-order valence-corrected chi connectivity index (χ1v) is 4.48. The topological polar surface area (TPSA) is 26.0 Å². The van der Waals surface area contributed by atoms with Gasteiger partial charge in [0.2, 0.25) is 0 Å². The summed E-state index contributed by atoms with van der Waals surface area (Å²) in [6, 6.07) is 10.5. The van der Waals surface area contributed by atoms with Crippen molar-refractivity contribution in [2.45, 2.75) is 25.7 Å². The first-order valence-electron chi connectivity index (χ1n) is 4.48. The Morgan fingerprint density at radius 1 is 1.25 bits per heavy atom. The molecule has 0 aliphatic carbocycles. The van der Waals surface area contributed by atoms with E-state index in [1.54, 1.807) is 0 Å². The average molecular weight is 163 g/mol. The number of hydrogen-bond acceptors (Lipinski definition) is 1. The van der Waals surface area contributed by atoms with Gasteiger partial charge < -0.3 is 5.73 Å². The van der Waals surface area contributed by atoms with Crippen LogP contribution in [0.2, 0.25) is 0 Å². The lowest BCUT2D eigenvalue weighted by Crippen LogP contribution is -2.30. The summed E-state index contributed by atoms with van der Waals surface area (Å²) >= 11 is 0. The van der Waals surface area contributed by atoms with E-state index < -0.39 is 0 Å². The van der Waals surface area contributed by atoms with Gasteiger partial charge in [-0.15, -0.1) is 0 Å². The molecule has 0 amide bonds. The predicted molar refractivity (Wildman–Crippen MR) is 53.1 cm³/mol. The van der Waals surface area contributed by atoms with Crippen molar-refractivity contribution in [3.05, 3.63) is 35.9 Å². The second-order valence-corrected chi connectivity index (χ2v) is 3.48. The Morgan fingerprint density at radius 3 is 2.25 bits per heavy atom. The molecule has 0 fully saturated rings. The summed E-state index contributed by atoms with van der Waals surface area (Å²) in [5.41, 5.74) is 7.25. The Morgan fingerprint density at radius 2 is 1.83 bits per heavy atom. The molecule has 1 nitrogen and oxygen atoms in total.